The van der Waals surface area contributed by atoms with Gasteiger partial charge < -0.3 is 15.5 Å². The van der Waals surface area contributed by atoms with Gasteiger partial charge in [0.1, 0.15) is 11.3 Å². The monoisotopic (exact) mass is 420 g/mol. The number of nitrogens with one attached hydrogen (secondary N) is 1. The number of amides is 1. The van der Waals surface area contributed by atoms with Gasteiger partial charge in [-0.2, -0.15) is 0 Å². The topological polar surface area (TPSA) is 117 Å². The largest absolute Gasteiger partial charge is 0.507 e. The van der Waals surface area contributed by atoms with Crippen LogP contribution >= 0.6 is 23.2 Å². The Morgan fingerprint density at radius 3 is 2.57 bits per heavy atom. The van der Waals surface area contributed by atoms with E-state index in [1.165, 1.54) is 16.8 Å². The van der Waals surface area contributed by atoms with Gasteiger partial charge in [0.05, 0.1) is 22.3 Å². The Hall–Kier alpha value is -3.10. The van der Waals surface area contributed by atoms with Gasteiger partial charge in [0.2, 0.25) is 0 Å². The number of hydrogen-bond acceptors (Lipinski definition) is 5. The molecule has 10 heteroatoms. The minimum atomic E-state index is -1.31. The van der Waals surface area contributed by atoms with E-state index in [9.17, 15) is 14.7 Å². The van der Waals surface area contributed by atoms with Gasteiger partial charge in [-0.15, -0.1) is 5.10 Å². The van der Waals surface area contributed by atoms with Crippen LogP contribution in [0.2, 0.25) is 10.0 Å². The molecule has 1 aromatic heterocycles. The van der Waals surface area contributed by atoms with Crippen LogP contribution in [0.15, 0.2) is 36.4 Å². The maximum Gasteiger partial charge on any atom is 0.339 e. The van der Waals surface area contributed by atoms with Gasteiger partial charge in [0.15, 0.2) is 5.69 Å². The number of carbonyl (C=O) groups excluding carboxylic acids is 1. The second kappa shape index (κ2) is 7.87. The normalized spacial score (nSPS) is 10.7. The fraction of sp³-hybridized carbons (Fsp3) is 0.111. The number of carboxylic acid groups (broad SMARTS) is 1. The van der Waals surface area contributed by atoms with E-state index >= 15 is 0 Å². The van der Waals surface area contributed by atoms with Crippen molar-refractivity contribution in [3.8, 4) is 5.75 Å². The van der Waals surface area contributed by atoms with Crippen LogP contribution in [-0.2, 0) is 6.54 Å². The van der Waals surface area contributed by atoms with Crippen molar-refractivity contribution in [3.05, 3.63) is 69.0 Å². The second-order valence-electron chi connectivity index (χ2n) is 5.92. The highest BCUT2D eigenvalue weighted by Gasteiger charge is 2.18. The first-order valence-corrected chi connectivity index (χ1v) is 8.73. The molecule has 0 saturated heterocycles. The number of aromatic hydroxyl groups is 1. The summed E-state index contributed by atoms with van der Waals surface area (Å²) in [5, 5.41) is 29.9. The number of hydrogen-bond donors (Lipinski definition) is 3. The van der Waals surface area contributed by atoms with Crippen molar-refractivity contribution < 1.29 is 19.8 Å². The minimum Gasteiger partial charge on any atom is -0.507 e. The van der Waals surface area contributed by atoms with Crippen molar-refractivity contribution in [2.45, 2.75) is 13.5 Å². The number of carboxylic acids is 1. The number of aromatic carboxylic acids is 1. The van der Waals surface area contributed by atoms with Gasteiger partial charge in [-0.05, 0) is 42.8 Å². The SMILES string of the molecule is Cc1c(C(=O)Nc2ccc(O)c(C(=O)O)c2)nnn1Cc1ccc(Cl)c(Cl)c1. The molecule has 8 nitrogen and oxygen atoms in total. The minimum absolute atomic E-state index is 0.0880. The number of anilines is 1. The maximum absolute atomic E-state index is 12.5. The van der Waals surface area contributed by atoms with E-state index in [-0.39, 0.29) is 16.9 Å². The van der Waals surface area contributed by atoms with Crippen LogP contribution in [0.25, 0.3) is 0 Å². The zero-order valence-corrected chi connectivity index (χ0v) is 16.0. The van der Waals surface area contributed by atoms with Gasteiger partial charge in [0, 0.05) is 5.69 Å². The quantitative estimate of drug-likeness (QED) is 0.542. The summed E-state index contributed by atoms with van der Waals surface area (Å²) in [5.74, 6) is -2.26. The predicted octanol–water partition coefficient (Wildman–Crippen LogP) is 3.60. The molecule has 0 saturated carbocycles. The first-order chi connectivity index (χ1) is 13.3. The summed E-state index contributed by atoms with van der Waals surface area (Å²) < 4.78 is 1.54. The van der Waals surface area contributed by atoms with Crippen LogP contribution < -0.4 is 5.32 Å². The van der Waals surface area contributed by atoms with Gasteiger partial charge in [0.25, 0.3) is 5.91 Å². The summed E-state index contributed by atoms with van der Waals surface area (Å²) in [6, 6.07) is 8.89. The molecule has 0 aliphatic heterocycles. The van der Waals surface area contributed by atoms with Gasteiger partial charge >= 0.3 is 5.97 Å². The van der Waals surface area contributed by atoms with Crippen molar-refractivity contribution >= 4 is 40.8 Å². The van der Waals surface area contributed by atoms with Gasteiger partial charge in [-0.1, -0.05) is 34.5 Å². The number of phenols is 1. The summed E-state index contributed by atoms with van der Waals surface area (Å²) in [6.07, 6.45) is 0. The van der Waals surface area contributed by atoms with E-state index in [0.29, 0.717) is 22.3 Å². The lowest BCUT2D eigenvalue weighted by atomic mass is 10.1. The highest BCUT2D eigenvalue weighted by Crippen LogP contribution is 2.24. The van der Waals surface area contributed by atoms with Crippen LogP contribution in [0, 0.1) is 6.92 Å². The van der Waals surface area contributed by atoms with Crippen LogP contribution in [0.1, 0.15) is 32.1 Å². The number of rotatable bonds is 5. The number of halogens is 2. The number of aromatic nitrogens is 3. The maximum atomic E-state index is 12.5. The van der Waals surface area contributed by atoms with Crippen molar-refractivity contribution in [1.82, 2.24) is 15.0 Å². The molecule has 0 atom stereocenters. The molecule has 0 spiro atoms. The Labute approximate surface area is 169 Å². The standard InChI is InChI=1S/C18H14Cl2N4O4/c1-9-16(17(26)21-11-3-5-15(25)12(7-11)18(27)28)22-23-24(9)8-10-2-4-13(19)14(20)6-10/h2-7,25H,8H2,1H3,(H,21,26)(H,27,28). The predicted molar refractivity (Wildman–Crippen MR) is 103 cm³/mol. The summed E-state index contributed by atoms with van der Waals surface area (Å²) in [6.45, 7) is 2.03. The average molecular weight is 421 g/mol. The average Bonchev–Trinajstić information content (AvgIpc) is 3.00. The van der Waals surface area contributed by atoms with E-state index in [0.717, 1.165) is 11.6 Å². The van der Waals surface area contributed by atoms with Gasteiger partial charge in [-0.25, -0.2) is 9.48 Å². The third-order valence-electron chi connectivity index (χ3n) is 4.00. The summed E-state index contributed by atoms with van der Waals surface area (Å²) in [7, 11) is 0. The lowest BCUT2D eigenvalue weighted by Gasteiger charge is -2.07. The zero-order valence-electron chi connectivity index (χ0n) is 14.5. The first kappa shape index (κ1) is 19.7. The molecule has 0 aliphatic carbocycles. The van der Waals surface area contributed by atoms with E-state index in [2.05, 4.69) is 15.6 Å². The third kappa shape index (κ3) is 4.08. The second-order valence-corrected chi connectivity index (χ2v) is 6.74. The molecule has 3 N–H and O–H groups in total. The van der Waals surface area contributed by atoms with Crippen molar-refractivity contribution in [2.24, 2.45) is 0 Å². The molecule has 0 fully saturated rings. The van der Waals surface area contributed by atoms with Crippen molar-refractivity contribution in [1.29, 1.82) is 0 Å². The third-order valence-corrected chi connectivity index (χ3v) is 4.74. The molecule has 0 bridgehead atoms. The summed E-state index contributed by atoms with van der Waals surface area (Å²) in [5.41, 5.74) is 1.32. The highest BCUT2D eigenvalue weighted by atomic mass is 35.5. The Balaban J connectivity index is 1.79. The van der Waals surface area contributed by atoms with Gasteiger partial charge in [-0.3, -0.25) is 4.79 Å². The smallest absolute Gasteiger partial charge is 0.339 e. The fourth-order valence-electron chi connectivity index (χ4n) is 2.51. The van der Waals surface area contributed by atoms with E-state index in [4.69, 9.17) is 28.3 Å². The van der Waals surface area contributed by atoms with Crippen LogP contribution in [0.5, 0.6) is 5.75 Å². The van der Waals surface area contributed by atoms with Crippen molar-refractivity contribution in [3.63, 3.8) is 0 Å². The van der Waals surface area contributed by atoms with Crippen LogP contribution in [0.3, 0.4) is 0 Å². The van der Waals surface area contributed by atoms with E-state index in [1.54, 1.807) is 25.1 Å². The lowest BCUT2D eigenvalue weighted by Crippen LogP contribution is -2.15. The summed E-state index contributed by atoms with van der Waals surface area (Å²) >= 11 is 11.9. The fourth-order valence-corrected chi connectivity index (χ4v) is 2.83. The number of benzene rings is 2. The summed E-state index contributed by atoms with van der Waals surface area (Å²) in [4.78, 5) is 23.6. The molecule has 28 heavy (non-hydrogen) atoms. The highest BCUT2D eigenvalue weighted by molar-refractivity contribution is 6.42. The Kier molecular flexibility index (Phi) is 5.53. The zero-order chi connectivity index (χ0) is 20.4. The van der Waals surface area contributed by atoms with E-state index < -0.39 is 17.6 Å². The molecule has 0 aliphatic rings. The Morgan fingerprint density at radius 2 is 1.89 bits per heavy atom. The Morgan fingerprint density at radius 1 is 1.14 bits per heavy atom. The lowest BCUT2D eigenvalue weighted by molar-refractivity contribution is 0.0693. The van der Waals surface area contributed by atoms with Crippen LogP contribution in [-0.4, -0.2) is 37.1 Å². The number of nitrogens with zero attached hydrogens (tertiary/aromatic N) is 3. The molecule has 1 heterocycles. The molecule has 2 aromatic carbocycles. The molecule has 144 valence electrons. The van der Waals surface area contributed by atoms with Crippen LogP contribution in [0.4, 0.5) is 5.69 Å². The molecule has 1 amide bonds. The molecule has 0 unspecified atom stereocenters. The Bertz CT molecular complexity index is 1080. The number of carbonyl (C=O) groups is 2. The first-order valence-electron chi connectivity index (χ1n) is 7.98. The molecular weight excluding hydrogens is 407 g/mol. The van der Waals surface area contributed by atoms with Crippen molar-refractivity contribution in [2.75, 3.05) is 5.32 Å². The molecular formula is C18H14Cl2N4O4. The van der Waals surface area contributed by atoms with E-state index in [1.807, 2.05) is 0 Å². The molecule has 0 radical (unpaired) electrons. The molecule has 3 rings (SSSR count). The molecule has 3 aromatic rings.